The maximum absolute atomic E-state index is 5.21. The van der Waals surface area contributed by atoms with Gasteiger partial charge in [-0.3, -0.25) is 0 Å². The number of hydrogen-bond donors (Lipinski definition) is 0. The molecule has 0 aliphatic rings. The smallest absolute Gasteiger partial charge is 0.166 e. The summed E-state index contributed by atoms with van der Waals surface area (Å²) in [6.45, 7) is 0. The number of rotatable bonds is 6. The summed E-state index contributed by atoms with van der Waals surface area (Å²) in [4.78, 5) is 15.4. The molecule has 0 saturated heterocycles. The van der Waals surface area contributed by atoms with Gasteiger partial charge in [-0.25, -0.2) is 15.0 Å². The van der Waals surface area contributed by atoms with E-state index in [-0.39, 0.29) is 0 Å². The second-order valence-electron chi connectivity index (χ2n) is 15.2. The molecule has 60 heavy (non-hydrogen) atoms. The van der Waals surface area contributed by atoms with Crippen LogP contribution in [0.1, 0.15) is 0 Å². The Kier molecular flexibility index (Phi) is 7.78. The highest BCUT2D eigenvalue weighted by Gasteiger charge is 2.24. The molecule has 280 valence electrons. The van der Waals surface area contributed by atoms with Gasteiger partial charge in [-0.15, -0.1) is 0 Å². The van der Waals surface area contributed by atoms with Gasteiger partial charge in [0, 0.05) is 49.3 Å². The van der Waals surface area contributed by atoms with E-state index in [0.29, 0.717) is 17.5 Å². The molecule has 0 unspecified atom stereocenters. The molecule has 0 saturated carbocycles. The first-order chi connectivity index (χ1) is 29.8. The molecule has 3 aromatic heterocycles. The zero-order valence-electron chi connectivity index (χ0n) is 32.4. The Morgan fingerprint density at radius 2 is 0.800 bits per heavy atom. The van der Waals surface area contributed by atoms with E-state index in [2.05, 4.69) is 185 Å². The van der Waals surface area contributed by atoms with Crippen molar-refractivity contribution in [3.05, 3.63) is 212 Å². The predicted octanol–water partition coefficient (Wildman–Crippen LogP) is 13.9. The van der Waals surface area contributed by atoms with Gasteiger partial charge in [-0.05, 0) is 59.0 Å². The number of para-hydroxylation sites is 3. The third-order valence-electron chi connectivity index (χ3n) is 11.8. The number of benzene rings is 9. The van der Waals surface area contributed by atoms with Crippen molar-refractivity contribution in [1.82, 2.24) is 24.1 Å². The van der Waals surface area contributed by atoms with Gasteiger partial charge in [0.15, 0.2) is 17.5 Å². The highest BCUT2D eigenvalue weighted by atomic mass is 15.1. The molecule has 5 nitrogen and oxygen atoms in total. The fraction of sp³-hybridized carbons (Fsp3) is 0. The Morgan fingerprint density at radius 3 is 1.50 bits per heavy atom. The normalized spacial score (nSPS) is 11.7. The molecular weight excluding hydrogens is 731 g/mol. The topological polar surface area (TPSA) is 48.5 Å². The van der Waals surface area contributed by atoms with Crippen molar-refractivity contribution in [2.75, 3.05) is 0 Å². The first-order valence-electron chi connectivity index (χ1n) is 20.3. The SMILES string of the molecule is c1ccc(-c2nc(-c3ccccc3)nc(-c3ccccc3-n3c4cccc(-c5cccc6c5c5ccccc5n6-c5ccccc5)c4c4ccc5ccccc5c43)n2)cc1. The van der Waals surface area contributed by atoms with E-state index in [9.17, 15) is 0 Å². The molecule has 0 radical (unpaired) electrons. The molecule has 12 aromatic rings. The van der Waals surface area contributed by atoms with Crippen LogP contribution >= 0.6 is 0 Å². The van der Waals surface area contributed by atoms with Gasteiger partial charge in [0.1, 0.15) is 0 Å². The summed E-state index contributed by atoms with van der Waals surface area (Å²) in [6, 6.07) is 75.1. The van der Waals surface area contributed by atoms with Crippen molar-refractivity contribution in [3.8, 4) is 56.7 Å². The van der Waals surface area contributed by atoms with Gasteiger partial charge in [-0.1, -0.05) is 170 Å². The summed E-state index contributed by atoms with van der Waals surface area (Å²) in [5.74, 6) is 1.88. The highest BCUT2D eigenvalue weighted by molar-refractivity contribution is 6.25. The zero-order chi connectivity index (χ0) is 39.6. The number of fused-ring (bicyclic) bond motifs is 8. The molecule has 0 aliphatic carbocycles. The van der Waals surface area contributed by atoms with Crippen LogP contribution in [0.3, 0.4) is 0 Å². The molecule has 9 aromatic carbocycles. The van der Waals surface area contributed by atoms with Crippen LogP contribution in [-0.2, 0) is 0 Å². The predicted molar refractivity (Wildman–Crippen MR) is 248 cm³/mol. The van der Waals surface area contributed by atoms with Crippen molar-refractivity contribution in [2.45, 2.75) is 0 Å². The van der Waals surface area contributed by atoms with E-state index in [1.54, 1.807) is 0 Å². The quantitative estimate of drug-likeness (QED) is 0.169. The molecule has 5 heteroatoms. The maximum Gasteiger partial charge on any atom is 0.166 e. The number of aromatic nitrogens is 5. The van der Waals surface area contributed by atoms with Crippen LogP contribution in [0.25, 0.3) is 111 Å². The first kappa shape index (κ1) is 33.9. The number of hydrogen-bond acceptors (Lipinski definition) is 3. The minimum Gasteiger partial charge on any atom is -0.309 e. The average molecular weight is 766 g/mol. The Balaban J connectivity index is 1.17. The van der Waals surface area contributed by atoms with Gasteiger partial charge < -0.3 is 9.13 Å². The summed E-state index contributed by atoms with van der Waals surface area (Å²) >= 11 is 0. The summed E-state index contributed by atoms with van der Waals surface area (Å²) in [6.07, 6.45) is 0. The van der Waals surface area contributed by atoms with Crippen molar-refractivity contribution in [1.29, 1.82) is 0 Å². The Labute approximate surface area is 346 Å². The van der Waals surface area contributed by atoms with Crippen LogP contribution in [-0.4, -0.2) is 24.1 Å². The van der Waals surface area contributed by atoms with Crippen LogP contribution in [0.5, 0.6) is 0 Å². The molecule has 0 spiro atoms. The van der Waals surface area contributed by atoms with Crippen molar-refractivity contribution in [3.63, 3.8) is 0 Å². The summed E-state index contributed by atoms with van der Waals surface area (Å²) in [5, 5.41) is 7.20. The van der Waals surface area contributed by atoms with Crippen LogP contribution in [0, 0.1) is 0 Å². The molecular formula is C55H35N5. The maximum atomic E-state index is 5.21. The largest absolute Gasteiger partial charge is 0.309 e. The molecule has 0 bridgehead atoms. The third-order valence-corrected chi connectivity index (χ3v) is 11.8. The highest BCUT2D eigenvalue weighted by Crippen LogP contribution is 2.46. The fourth-order valence-corrected chi connectivity index (χ4v) is 9.19. The molecule has 12 rings (SSSR count). The van der Waals surface area contributed by atoms with E-state index in [1.165, 1.54) is 54.5 Å². The standard InChI is InChI=1S/C55H35N5/c1-4-19-37(20-5-1)53-56-54(38-21-6-2-7-22-38)58-55(57-53)44-27-13-15-31-47(44)60-49-33-17-29-42(51(49)45-35-34-36-18-10-11-25-40(36)52(45)60)41-28-16-32-48-50(41)43-26-12-14-30-46(43)59(48)39-23-8-3-9-24-39/h1-35H. The van der Waals surface area contributed by atoms with Crippen LogP contribution in [0.2, 0.25) is 0 Å². The van der Waals surface area contributed by atoms with Crippen LogP contribution in [0.4, 0.5) is 0 Å². The van der Waals surface area contributed by atoms with Gasteiger partial charge in [0.25, 0.3) is 0 Å². The van der Waals surface area contributed by atoms with Gasteiger partial charge >= 0.3 is 0 Å². The van der Waals surface area contributed by atoms with E-state index < -0.39 is 0 Å². The lowest BCUT2D eigenvalue weighted by atomic mass is 9.95. The second-order valence-corrected chi connectivity index (χ2v) is 15.2. The summed E-state index contributed by atoms with van der Waals surface area (Å²) in [7, 11) is 0. The lowest BCUT2D eigenvalue weighted by Gasteiger charge is -2.15. The Morgan fingerprint density at radius 1 is 0.300 bits per heavy atom. The number of nitrogens with zero attached hydrogens (tertiary/aromatic N) is 5. The second kappa shape index (κ2) is 13.8. The molecule has 0 amide bonds. The lowest BCUT2D eigenvalue weighted by molar-refractivity contribution is 1.06. The van der Waals surface area contributed by atoms with Crippen LogP contribution < -0.4 is 0 Å². The molecule has 0 aliphatic heterocycles. The third kappa shape index (κ3) is 5.30. The Hall–Kier alpha value is -8.15. The molecule has 0 fully saturated rings. The van der Waals surface area contributed by atoms with Gasteiger partial charge in [0.2, 0.25) is 0 Å². The molecule has 0 atom stereocenters. The van der Waals surface area contributed by atoms with Crippen LogP contribution in [0.15, 0.2) is 212 Å². The monoisotopic (exact) mass is 765 g/mol. The first-order valence-corrected chi connectivity index (χ1v) is 20.3. The van der Waals surface area contributed by atoms with Crippen molar-refractivity contribution in [2.24, 2.45) is 0 Å². The fourth-order valence-electron chi connectivity index (χ4n) is 9.19. The summed E-state index contributed by atoms with van der Waals surface area (Å²) < 4.78 is 4.83. The van der Waals surface area contributed by atoms with E-state index in [0.717, 1.165) is 39.1 Å². The lowest BCUT2D eigenvalue weighted by Crippen LogP contribution is -2.03. The van der Waals surface area contributed by atoms with Gasteiger partial charge in [0.05, 0.1) is 27.8 Å². The molecule has 3 heterocycles. The Bertz CT molecular complexity index is 3530. The summed E-state index contributed by atoms with van der Waals surface area (Å²) in [5.41, 5.74) is 11.9. The van der Waals surface area contributed by atoms with Crippen molar-refractivity contribution >= 4 is 54.4 Å². The minimum atomic E-state index is 0.614. The molecule has 0 N–H and O–H groups in total. The zero-order valence-corrected chi connectivity index (χ0v) is 32.4. The van der Waals surface area contributed by atoms with E-state index in [4.69, 9.17) is 15.0 Å². The van der Waals surface area contributed by atoms with Crippen molar-refractivity contribution < 1.29 is 0 Å². The van der Waals surface area contributed by atoms with E-state index in [1.807, 2.05) is 36.4 Å². The minimum absolute atomic E-state index is 0.614. The average Bonchev–Trinajstić information content (AvgIpc) is 3.86. The van der Waals surface area contributed by atoms with E-state index >= 15 is 0 Å². The van der Waals surface area contributed by atoms with Gasteiger partial charge in [-0.2, -0.15) is 0 Å².